The lowest BCUT2D eigenvalue weighted by molar-refractivity contribution is -0.122. The lowest BCUT2D eigenvalue weighted by atomic mass is 10.3. The van der Waals surface area contributed by atoms with Crippen molar-refractivity contribution >= 4 is 21.7 Å². The number of carbonyl (C=O) groups is 1. The van der Waals surface area contributed by atoms with E-state index in [1.54, 1.807) is 0 Å². The van der Waals surface area contributed by atoms with E-state index in [1.165, 1.54) is 0 Å². The first kappa shape index (κ1) is 9.71. The van der Waals surface area contributed by atoms with Crippen molar-refractivity contribution in [3.63, 3.8) is 0 Å². The molecule has 2 nitrogen and oxygen atoms in total. The summed E-state index contributed by atoms with van der Waals surface area (Å²) in [6, 6.07) is 7.50. The normalized spacial score (nSPS) is 15.2. The highest BCUT2D eigenvalue weighted by Crippen LogP contribution is 2.29. The first-order valence-corrected chi connectivity index (χ1v) is 5.46. The summed E-state index contributed by atoms with van der Waals surface area (Å²) in [6.45, 7) is 0.215. The second-order valence-corrected chi connectivity index (χ2v) is 4.40. The third kappa shape index (κ3) is 2.58. The van der Waals surface area contributed by atoms with Gasteiger partial charge in [-0.3, -0.25) is 4.79 Å². The number of benzene rings is 1. The summed E-state index contributed by atoms with van der Waals surface area (Å²) in [7, 11) is 0. The molecule has 0 heterocycles. The summed E-state index contributed by atoms with van der Waals surface area (Å²) >= 11 is 3.34. The molecule has 1 fully saturated rings. The molecule has 0 spiro atoms. The third-order valence-corrected chi connectivity index (χ3v) is 2.76. The molecular formula is C11H11BrO2. The van der Waals surface area contributed by atoms with Gasteiger partial charge in [-0.1, -0.05) is 15.9 Å². The number of hydrogen-bond donors (Lipinski definition) is 0. The predicted octanol–water partition coefficient (Wildman–Crippen LogP) is 2.81. The second-order valence-electron chi connectivity index (χ2n) is 3.48. The average Bonchev–Trinajstić information content (AvgIpc) is 3.00. The van der Waals surface area contributed by atoms with Gasteiger partial charge in [0.25, 0.3) is 0 Å². The Morgan fingerprint density at radius 3 is 2.57 bits per heavy atom. The molecule has 2 rings (SSSR count). The summed E-state index contributed by atoms with van der Waals surface area (Å²) in [6.07, 6.45) is 2.09. The summed E-state index contributed by atoms with van der Waals surface area (Å²) in [5.41, 5.74) is 0. The third-order valence-electron chi connectivity index (χ3n) is 2.23. The van der Waals surface area contributed by atoms with Crippen molar-refractivity contribution in [3.05, 3.63) is 28.7 Å². The van der Waals surface area contributed by atoms with E-state index in [2.05, 4.69) is 15.9 Å². The Balaban J connectivity index is 1.85. The Labute approximate surface area is 91.4 Å². The molecule has 0 radical (unpaired) electrons. The fourth-order valence-electron chi connectivity index (χ4n) is 1.21. The second kappa shape index (κ2) is 4.13. The van der Waals surface area contributed by atoms with Gasteiger partial charge in [0.1, 0.15) is 12.4 Å². The molecule has 0 aliphatic heterocycles. The summed E-state index contributed by atoms with van der Waals surface area (Å²) in [4.78, 5) is 11.3. The molecule has 0 N–H and O–H groups in total. The molecule has 1 saturated carbocycles. The van der Waals surface area contributed by atoms with Crippen LogP contribution in [0.5, 0.6) is 5.75 Å². The molecule has 74 valence electrons. The van der Waals surface area contributed by atoms with Crippen molar-refractivity contribution in [2.24, 2.45) is 5.92 Å². The van der Waals surface area contributed by atoms with Crippen molar-refractivity contribution in [1.29, 1.82) is 0 Å². The molecule has 1 aromatic carbocycles. The average molecular weight is 255 g/mol. The van der Waals surface area contributed by atoms with Crippen molar-refractivity contribution in [3.8, 4) is 5.75 Å². The van der Waals surface area contributed by atoms with Crippen LogP contribution in [0, 0.1) is 5.92 Å². The number of Topliss-reactive ketones (excluding diaryl/α,β-unsaturated/α-hetero) is 1. The van der Waals surface area contributed by atoms with Gasteiger partial charge in [-0.25, -0.2) is 0 Å². The van der Waals surface area contributed by atoms with Gasteiger partial charge < -0.3 is 4.74 Å². The lowest BCUT2D eigenvalue weighted by Crippen LogP contribution is -2.12. The van der Waals surface area contributed by atoms with E-state index in [0.29, 0.717) is 0 Å². The smallest absolute Gasteiger partial charge is 0.173 e. The standard InChI is InChI=1S/C11H11BrO2/c12-9-3-5-10(6-4-9)14-7-11(13)8-1-2-8/h3-6,8H,1-2,7H2. The predicted molar refractivity (Wildman–Crippen MR) is 57.4 cm³/mol. The molecule has 3 heteroatoms. The SMILES string of the molecule is O=C(COc1ccc(Br)cc1)C1CC1. The van der Waals surface area contributed by atoms with Crippen LogP contribution in [0.15, 0.2) is 28.7 Å². The van der Waals surface area contributed by atoms with Crippen molar-refractivity contribution in [2.75, 3.05) is 6.61 Å². The summed E-state index contributed by atoms with van der Waals surface area (Å²) in [5, 5.41) is 0. The van der Waals surface area contributed by atoms with Crippen LogP contribution in [0.4, 0.5) is 0 Å². The summed E-state index contributed by atoms with van der Waals surface area (Å²) < 4.78 is 6.37. The van der Waals surface area contributed by atoms with Crippen LogP contribution >= 0.6 is 15.9 Å². The highest BCUT2D eigenvalue weighted by atomic mass is 79.9. The Kier molecular flexibility index (Phi) is 2.87. The van der Waals surface area contributed by atoms with Gasteiger partial charge in [0, 0.05) is 10.4 Å². The van der Waals surface area contributed by atoms with Crippen molar-refractivity contribution < 1.29 is 9.53 Å². The highest BCUT2D eigenvalue weighted by Gasteiger charge is 2.29. The molecule has 1 aliphatic carbocycles. The maximum atomic E-state index is 11.3. The van der Waals surface area contributed by atoms with Crippen LogP contribution in [-0.4, -0.2) is 12.4 Å². The molecule has 1 aromatic rings. The van der Waals surface area contributed by atoms with E-state index in [4.69, 9.17) is 4.74 Å². The van der Waals surface area contributed by atoms with Gasteiger partial charge in [-0.15, -0.1) is 0 Å². The summed E-state index contributed by atoms with van der Waals surface area (Å²) in [5.74, 6) is 1.26. The van der Waals surface area contributed by atoms with Gasteiger partial charge >= 0.3 is 0 Å². The molecule has 1 aliphatic rings. The van der Waals surface area contributed by atoms with Crippen LogP contribution in [-0.2, 0) is 4.79 Å². The molecule has 0 bridgehead atoms. The maximum absolute atomic E-state index is 11.3. The van der Waals surface area contributed by atoms with Crippen LogP contribution in [0.1, 0.15) is 12.8 Å². The van der Waals surface area contributed by atoms with Crippen LogP contribution < -0.4 is 4.74 Å². The maximum Gasteiger partial charge on any atom is 0.173 e. The highest BCUT2D eigenvalue weighted by molar-refractivity contribution is 9.10. The van der Waals surface area contributed by atoms with E-state index < -0.39 is 0 Å². The van der Waals surface area contributed by atoms with Gasteiger partial charge in [0.2, 0.25) is 0 Å². The fourth-order valence-corrected chi connectivity index (χ4v) is 1.47. The quantitative estimate of drug-likeness (QED) is 0.826. The number of ether oxygens (including phenoxy) is 1. The molecule has 0 amide bonds. The minimum absolute atomic E-state index is 0.215. The first-order chi connectivity index (χ1) is 6.75. The number of hydrogen-bond acceptors (Lipinski definition) is 2. The van der Waals surface area contributed by atoms with E-state index in [0.717, 1.165) is 23.1 Å². The van der Waals surface area contributed by atoms with E-state index in [9.17, 15) is 4.79 Å². The monoisotopic (exact) mass is 254 g/mol. The van der Waals surface area contributed by atoms with E-state index >= 15 is 0 Å². The lowest BCUT2D eigenvalue weighted by Gasteiger charge is -2.04. The number of carbonyl (C=O) groups excluding carboxylic acids is 1. The zero-order chi connectivity index (χ0) is 9.97. The molecule has 14 heavy (non-hydrogen) atoms. The van der Waals surface area contributed by atoms with Gasteiger partial charge in [0.15, 0.2) is 5.78 Å². The molecule has 0 unspecified atom stereocenters. The minimum atomic E-state index is 0.215. The Bertz CT molecular complexity index is 328. The van der Waals surface area contributed by atoms with Crippen molar-refractivity contribution in [1.82, 2.24) is 0 Å². The minimum Gasteiger partial charge on any atom is -0.486 e. The number of rotatable bonds is 4. The largest absolute Gasteiger partial charge is 0.486 e. The zero-order valence-corrected chi connectivity index (χ0v) is 9.29. The Morgan fingerprint density at radius 1 is 1.36 bits per heavy atom. The molecule has 0 atom stereocenters. The van der Waals surface area contributed by atoms with Crippen LogP contribution in [0.25, 0.3) is 0 Å². The molecule has 0 aromatic heterocycles. The van der Waals surface area contributed by atoms with E-state index in [-0.39, 0.29) is 18.3 Å². The zero-order valence-electron chi connectivity index (χ0n) is 7.70. The topological polar surface area (TPSA) is 26.3 Å². The number of halogens is 1. The Morgan fingerprint density at radius 2 is 2.00 bits per heavy atom. The number of ketones is 1. The first-order valence-electron chi connectivity index (χ1n) is 4.67. The Hall–Kier alpha value is -0.830. The van der Waals surface area contributed by atoms with Crippen LogP contribution in [0.2, 0.25) is 0 Å². The van der Waals surface area contributed by atoms with Gasteiger partial charge in [-0.2, -0.15) is 0 Å². The van der Waals surface area contributed by atoms with Crippen LogP contribution in [0.3, 0.4) is 0 Å². The van der Waals surface area contributed by atoms with Crippen molar-refractivity contribution in [2.45, 2.75) is 12.8 Å². The molecular weight excluding hydrogens is 244 g/mol. The van der Waals surface area contributed by atoms with Gasteiger partial charge in [0.05, 0.1) is 0 Å². The van der Waals surface area contributed by atoms with E-state index in [1.807, 2.05) is 24.3 Å². The van der Waals surface area contributed by atoms with Gasteiger partial charge in [-0.05, 0) is 37.1 Å². The fraction of sp³-hybridized carbons (Fsp3) is 0.364. The molecule has 0 saturated heterocycles.